The number of imidazole rings is 1. The van der Waals surface area contributed by atoms with Gasteiger partial charge >= 0.3 is 0 Å². The van der Waals surface area contributed by atoms with Crippen LogP contribution in [0.4, 0.5) is 0 Å². The number of methoxy groups -OCH3 is 1. The fourth-order valence-electron chi connectivity index (χ4n) is 2.57. The Morgan fingerprint density at radius 2 is 2.04 bits per heavy atom. The van der Waals surface area contributed by atoms with E-state index in [1.807, 2.05) is 0 Å². The smallest absolute Gasteiger partial charge is 0.233 e. The van der Waals surface area contributed by atoms with Crippen LogP contribution < -0.4 is 0 Å². The third kappa shape index (κ3) is 3.86. The number of fused-ring (bicyclic) bond motifs is 1. The van der Waals surface area contributed by atoms with E-state index in [4.69, 9.17) is 21.1 Å². The Bertz CT molecular complexity index is 1030. The van der Waals surface area contributed by atoms with Gasteiger partial charge in [-0.1, -0.05) is 11.6 Å². The molecule has 2 heterocycles. The number of nitrogens with zero attached hydrogens (tertiary/aromatic N) is 4. The molecule has 0 spiro atoms. The zero-order chi connectivity index (χ0) is 19.6. The summed E-state index contributed by atoms with van der Waals surface area (Å²) < 4.78 is 39.3. The highest BCUT2D eigenvalue weighted by molar-refractivity contribution is 7.92. The second-order valence-corrected chi connectivity index (χ2v) is 9.07. The van der Waals surface area contributed by atoms with Crippen molar-refractivity contribution >= 4 is 32.5 Å². The Labute approximate surface area is 162 Å². The van der Waals surface area contributed by atoms with Gasteiger partial charge in [0.2, 0.25) is 5.95 Å². The number of benzene rings is 1. The summed E-state index contributed by atoms with van der Waals surface area (Å²) in [7, 11) is -1.95. The first-order valence-corrected chi connectivity index (χ1v) is 10.3. The fourth-order valence-corrected chi connectivity index (χ4v) is 4.17. The van der Waals surface area contributed by atoms with Gasteiger partial charge in [-0.2, -0.15) is 5.10 Å². The van der Waals surface area contributed by atoms with E-state index in [-0.39, 0.29) is 16.6 Å². The van der Waals surface area contributed by atoms with Gasteiger partial charge in [-0.25, -0.2) is 18.1 Å². The number of rotatable bonds is 8. The van der Waals surface area contributed by atoms with Crippen LogP contribution in [0.25, 0.3) is 17.0 Å². The molecule has 3 aromatic rings. The Balaban J connectivity index is 2.16. The van der Waals surface area contributed by atoms with Gasteiger partial charge in [-0.05, 0) is 32.0 Å². The van der Waals surface area contributed by atoms with Crippen molar-refractivity contribution in [2.24, 2.45) is 0 Å². The van der Waals surface area contributed by atoms with Crippen LogP contribution in [0.15, 0.2) is 35.5 Å². The van der Waals surface area contributed by atoms with Crippen molar-refractivity contribution in [1.29, 1.82) is 0 Å². The maximum atomic E-state index is 12.7. The molecule has 0 aliphatic heterocycles. The Morgan fingerprint density at radius 3 is 2.67 bits per heavy atom. The molecule has 3 rings (SSSR count). The average Bonchev–Trinajstić information content (AvgIpc) is 3.25. The van der Waals surface area contributed by atoms with Crippen LogP contribution in [-0.4, -0.2) is 53.3 Å². The van der Waals surface area contributed by atoms with Crippen LogP contribution in [0.5, 0.6) is 0 Å². The zero-order valence-electron chi connectivity index (χ0n) is 15.3. The van der Waals surface area contributed by atoms with Gasteiger partial charge in [0, 0.05) is 19.5 Å². The second kappa shape index (κ2) is 7.97. The largest absolute Gasteiger partial charge is 0.382 e. The first-order chi connectivity index (χ1) is 12.9. The Hall–Kier alpha value is -1.94. The lowest BCUT2D eigenvalue weighted by atomic mass is 10.3. The molecular weight excluding hydrogens is 392 g/mol. The van der Waals surface area contributed by atoms with Gasteiger partial charge in [0.15, 0.2) is 9.84 Å². The SMILES string of the molecule is COCCOCn1c(-n2cccn2)nc2cc(Cl)c(S(=O)(=O)C(C)C)cc21. The van der Waals surface area contributed by atoms with Gasteiger partial charge in [0.05, 0.1) is 39.4 Å². The fraction of sp³-hybridized carbons (Fsp3) is 0.412. The summed E-state index contributed by atoms with van der Waals surface area (Å²) in [4.78, 5) is 4.64. The quantitative estimate of drug-likeness (QED) is 0.528. The predicted octanol–water partition coefficient (Wildman–Crippen LogP) is 2.68. The number of halogens is 1. The molecule has 0 aliphatic carbocycles. The third-order valence-electron chi connectivity index (χ3n) is 4.07. The van der Waals surface area contributed by atoms with Crippen LogP contribution >= 0.6 is 11.6 Å². The van der Waals surface area contributed by atoms with Crippen LogP contribution in [0.1, 0.15) is 13.8 Å². The summed E-state index contributed by atoms with van der Waals surface area (Å²) in [6.45, 7) is 4.24. The minimum Gasteiger partial charge on any atom is -0.382 e. The molecule has 0 radical (unpaired) electrons. The van der Waals surface area contributed by atoms with E-state index in [1.54, 1.807) is 60.8 Å². The van der Waals surface area contributed by atoms with Crippen molar-refractivity contribution in [2.45, 2.75) is 30.7 Å². The molecule has 0 N–H and O–H groups in total. The third-order valence-corrected chi connectivity index (χ3v) is 6.69. The Morgan fingerprint density at radius 1 is 1.26 bits per heavy atom. The van der Waals surface area contributed by atoms with Crippen molar-refractivity contribution in [1.82, 2.24) is 19.3 Å². The molecule has 0 saturated carbocycles. The topological polar surface area (TPSA) is 88.2 Å². The normalized spacial score (nSPS) is 12.3. The van der Waals surface area contributed by atoms with Gasteiger partial charge in [0.25, 0.3) is 0 Å². The summed E-state index contributed by atoms with van der Waals surface area (Å²) in [5, 5.41) is 3.77. The van der Waals surface area contributed by atoms with Gasteiger partial charge in [-0.3, -0.25) is 4.57 Å². The standard InChI is InChI=1S/C17H21ClN4O4S/c1-12(2)27(23,24)16-10-15-14(9-13(16)18)20-17(22-6-4-5-19-22)21(15)11-26-8-7-25-3/h4-6,9-10,12H,7-8,11H2,1-3H3. The summed E-state index contributed by atoms with van der Waals surface area (Å²) >= 11 is 6.27. The predicted molar refractivity (Wildman–Crippen MR) is 102 cm³/mol. The minimum absolute atomic E-state index is 0.0803. The van der Waals surface area contributed by atoms with E-state index in [9.17, 15) is 8.42 Å². The number of hydrogen-bond donors (Lipinski definition) is 0. The molecule has 2 aromatic heterocycles. The van der Waals surface area contributed by atoms with Crippen LogP contribution in [-0.2, 0) is 26.0 Å². The number of sulfone groups is 1. The van der Waals surface area contributed by atoms with Gasteiger partial charge in [0.1, 0.15) is 6.73 Å². The summed E-state index contributed by atoms with van der Waals surface area (Å²) in [6.07, 6.45) is 3.39. The molecule has 27 heavy (non-hydrogen) atoms. The highest BCUT2D eigenvalue weighted by Crippen LogP contribution is 2.31. The molecule has 0 atom stereocenters. The van der Waals surface area contributed by atoms with Crippen molar-refractivity contribution in [3.05, 3.63) is 35.6 Å². The van der Waals surface area contributed by atoms with Crippen LogP contribution in [0, 0.1) is 0 Å². The minimum atomic E-state index is -3.55. The molecule has 146 valence electrons. The van der Waals surface area contributed by atoms with Crippen molar-refractivity contribution in [3.8, 4) is 5.95 Å². The van der Waals surface area contributed by atoms with E-state index in [1.165, 1.54) is 0 Å². The maximum Gasteiger partial charge on any atom is 0.233 e. The molecule has 0 amide bonds. The molecule has 0 unspecified atom stereocenters. The lowest BCUT2D eigenvalue weighted by Crippen LogP contribution is -2.15. The van der Waals surface area contributed by atoms with Crippen molar-refractivity contribution in [3.63, 3.8) is 0 Å². The number of hydrogen-bond acceptors (Lipinski definition) is 6. The van der Waals surface area contributed by atoms with E-state index in [0.717, 1.165) is 0 Å². The summed E-state index contributed by atoms with van der Waals surface area (Å²) in [6, 6.07) is 4.88. The first kappa shape index (κ1) is 19.8. The van der Waals surface area contributed by atoms with Gasteiger partial charge in [-0.15, -0.1) is 0 Å². The lowest BCUT2D eigenvalue weighted by molar-refractivity contribution is 0.0356. The van der Waals surface area contributed by atoms with Crippen molar-refractivity contribution in [2.75, 3.05) is 20.3 Å². The monoisotopic (exact) mass is 412 g/mol. The lowest BCUT2D eigenvalue weighted by Gasteiger charge is -2.12. The second-order valence-electron chi connectivity index (χ2n) is 6.19. The summed E-state index contributed by atoms with van der Waals surface area (Å²) in [5.41, 5.74) is 1.16. The van der Waals surface area contributed by atoms with E-state index in [0.29, 0.717) is 30.2 Å². The molecule has 1 aromatic carbocycles. The van der Waals surface area contributed by atoms with Crippen LogP contribution in [0.2, 0.25) is 5.02 Å². The van der Waals surface area contributed by atoms with Crippen molar-refractivity contribution < 1.29 is 17.9 Å². The van der Waals surface area contributed by atoms with E-state index < -0.39 is 15.1 Å². The maximum absolute atomic E-state index is 12.7. The number of aromatic nitrogens is 4. The molecule has 0 fully saturated rings. The molecule has 10 heteroatoms. The van der Waals surface area contributed by atoms with E-state index in [2.05, 4.69) is 10.1 Å². The zero-order valence-corrected chi connectivity index (χ0v) is 16.9. The molecular formula is C17H21ClN4O4S. The molecule has 8 nitrogen and oxygen atoms in total. The highest BCUT2D eigenvalue weighted by atomic mass is 35.5. The first-order valence-electron chi connectivity index (χ1n) is 8.36. The molecule has 0 bridgehead atoms. The number of ether oxygens (including phenoxy) is 2. The molecule has 0 aliphatic rings. The average molecular weight is 413 g/mol. The van der Waals surface area contributed by atoms with E-state index >= 15 is 0 Å². The van der Waals surface area contributed by atoms with Gasteiger partial charge < -0.3 is 9.47 Å². The van der Waals surface area contributed by atoms with Crippen LogP contribution in [0.3, 0.4) is 0 Å². The Kier molecular flexibility index (Phi) is 5.85. The molecule has 0 saturated heterocycles. The highest BCUT2D eigenvalue weighted by Gasteiger charge is 2.25. The summed E-state index contributed by atoms with van der Waals surface area (Å²) in [5.74, 6) is 0.502.